The van der Waals surface area contributed by atoms with Gasteiger partial charge in [-0.2, -0.15) is 0 Å². The minimum Gasteiger partial charge on any atom is -0.325 e. The van der Waals surface area contributed by atoms with Gasteiger partial charge in [0.2, 0.25) is 11.8 Å². The van der Waals surface area contributed by atoms with Crippen LogP contribution in [0.2, 0.25) is 0 Å². The van der Waals surface area contributed by atoms with Crippen molar-refractivity contribution in [3.8, 4) is 0 Å². The van der Waals surface area contributed by atoms with Gasteiger partial charge in [-0.1, -0.05) is 54.6 Å². The Balaban J connectivity index is 1.58. The van der Waals surface area contributed by atoms with Crippen molar-refractivity contribution >= 4 is 34.0 Å². The van der Waals surface area contributed by atoms with E-state index in [1.165, 1.54) is 0 Å². The van der Waals surface area contributed by atoms with E-state index in [0.29, 0.717) is 6.54 Å². The van der Waals surface area contributed by atoms with Crippen molar-refractivity contribution in [3.05, 3.63) is 71.8 Å². The molecule has 0 unspecified atom stereocenters. The lowest BCUT2D eigenvalue weighted by molar-refractivity contribution is -0.122. The number of hydrogen-bond donors (Lipinski definition) is 1. The van der Waals surface area contributed by atoms with E-state index in [9.17, 15) is 9.59 Å². The lowest BCUT2D eigenvalue weighted by Gasteiger charge is -2.19. The number of fused-ring (bicyclic) bond motifs is 1. The first-order chi connectivity index (χ1) is 13.0. The number of rotatable bonds is 3. The maximum atomic E-state index is 12.8. The van der Waals surface area contributed by atoms with E-state index in [0.717, 1.165) is 33.3 Å². The maximum Gasteiger partial charge on any atom is 0.229 e. The molecular formula is C23H22N2O2. The minimum absolute atomic E-state index is 0.00647. The Morgan fingerprint density at radius 3 is 2.41 bits per heavy atom. The van der Waals surface area contributed by atoms with Crippen LogP contribution < -0.4 is 10.2 Å². The first-order valence-electron chi connectivity index (χ1n) is 9.20. The molecule has 1 aliphatic heterocycles. The fourth-order valence-electron chi connectivity index (χ4n) is 3.80. The fourth-order valence-corrected chi connectivity index (χ4v) is 3.80. The number of carbonyl (C=O) groups excluding carboxylic acids is 2. The molecule has 0 aromatic heterocycles. The highest BCUT2D eigenvalue weighted by molar-refractivity contribution is 6.08. The van der Waals surface area contributed by atoms with Crippen LogP contribution in [-0.2, 0) is 9.59 Å². The van der Waals surface area contributed by atoms with Crippen molar-refractivity contribution in [2.45, 2.75) is 20.3 Å². The molecule has 0 saturated carbocycles. The van der Waals surface area contributed by atoms with E-state index in [1.54, 1.807) is 4.90 Å². The first kappa shape index (κ1) is 17.3. The van der Waals surface area contributed by atoms with Gasteiger partial charge in [-0.05, 0) is 36.4 Å². The zero-order chi connectivity index (χ0) is 19.0. The highest BCUT2D eigenvalue weighted by Gasteiger charge is 2.35. The summed E-state index contributed by atoms with van der Waals surface area (Å²) in [5.74, 6) is -0.452. The Labute approximate surface area is 158 Å². The van der Waals surface area contributed by atoms with Gasteiger partial charge in [0, 0.05) is 24.0 Å². The first-order valence-corrected chi connectivity index (χ1v) is 9.20. The molecule has 0 aliphatic carbocycles. The Bertz CT molecular complexity index is 1020. The smallest absolute Gasteiger partial charge is 0.229 e. The highest BCUT2D eigenvalue weighted by atomic mass is 16.2. The molecule has 3 aromatic rings. The van der Waals surface area contributed by atoms with Gasteiger partial charge in [0.15, 0.2) is 0 Å². The zero-order valence-electron chi connectivity index (χ0n) is 15.5. The summed E-state index contributed by atoms with van der Waals surface area (Å²) < 4.78 is 0. The molecule has 27 heavy (non-hydrogen) atoms. The van der Waals surface area contributed by atoms with Crippen LogP contribution in [0, 0.1) is 19.8 Å². The lowest BCUT2D eigenvalue weighted by Crippen LogP contribution is -2.28. The number of nitrogens with zero attached hydrogens (tertiary/aromatic N) is 1. The van der Waals surface area contributed by atoms with Gasteiger partial charge in [-0.3, -0.25) is 9.59 Å². The molecule has 4 rings (SSSR count). The molecule has 4 heteroatoms. The van der Waals surface area contributed by atoms with Crippen LogP contribution in [0.3, 0.4) is 0 Å². The van der Waals surface area contributed by atoms with Crippen molar-refractivity contribution in [3.63, 3.8) is 0 Å². The molecule has 1 fully saturated rings. The molecule has 0 spiro atoms. The van der Waals surface area contributed by atoms with Gasteiger partial charge in [0.05, 0.1) is 11.6 Å². The van der Waals surface area contributed by atoms with Crippen molar-refractivity contribution in [1.82, 2.24) is 0 Å². The number of para-hydroxylation sites is 1. The van der Waals surface area contributed by atoms with Gasteiger partial charge in [0.25, 0.3) is 0 Å². The van der Waals surface area contributed by atoms with E-state index in [-0.39, 0.29) is 24.2 Å². The molecule has 1 saturated heterocycles. The van der Waals surface area contributed by atoms with E-state index in [4.69, 9.17) is 0 Å². The van der Waals surface area contributed by atoms with Gasteiger partial charge >= 0.3 is 0 Å². The largest absolute Gasteiger partial charge is 0.325 e. The topological polar surface area (TPSA) is 49.4 Å². The van der Waals surface area contributed by atoms with Gasteiger partial charge < -0.3 is 10.2 Å². The van der Waals surface area contributed by atoms with Crippen molar-refractivity contribution in [1.29, 1.82) is 0 Å². The third-order valence-electron chi connectivity index (χ3n) is 5.28. The van der Waals surface area contributed by atoms with E-state index < -0.39 is 0 Å². The quantitative estimate of drug-likeness (QED) is 0.752. The van der Waals surface area contributed by atoms with E-state index in [2.05, 4.69) is 5.32 Å². The van der Waals surface area contributed by atoms with E-state index >= 15 is 0 Å². The van der Waals surface area contributed by atoms with Gasteiger partial charge in [-0.15, -0.1) is 0 Å². The zero-order valence-corrected chi connectivity index (χ0v) is 15.5. The fraction of sp³-hybridized carbons (Fsp3) is 0.217. The molecule has 0 bridgehead atoms. The predicted octanol–water partition coefficient (Wildman–Crippen LogP) is 4.45. The predicted molar refractivity (Wildman–Crippen MR) is 109 cm³/mol. The maximum absolute atomic E-state index is 12.8. The van der Waals surface area contributed by atoms with Crippen LogP contribution >= 0.6 is 0 Å². The summed E-state index contributed by atoms with van der Waals surface area (Å²) in [6, 6.07) is 19.9. The second-order valence-corrected chi connectivity index (χ2v) is 7.16. The third-order valence-corrected chi connectivity index (χ3v) is 5.28. The Morgan fingerprint density at radius 1 is 0.963 bits per heavy atom. The summed E-state index contributed by atoms with van der Waals surface area (Å²) in [4.78, 5) is 27.2. The Kier molecular flexibility index (Phi) is 4.40. The van der Waals surface area contributed by atoms with Crippen LogP contribution in [0.15, 0.2) is 60.7 Å². The second-order valence-electron chi connectivity index (χ2n) is 7.16. The van der Waals surface area contributed by atoms with Crippen LogP contribution in [-0.4, -0.2) is 18.4 Å². The molecule has 1 N–H and O–H groups in total. The molecule has 136 valence electrons. The Hall–Kier alpha value is -3.14. The van der Waals surface area contributed by atoms with Crippen LogP contribution in [0.25, 0.3) is 10.8 Å². The summed E-state index contributed by atoms with van der Waals surface area (Å²) in [5.41, 5.74) is 3.77. The minimum atomic E-state index is -0.351. The number of nitrogens with one attached hydrogen (secondary N) is 1. The number of amides is 2. The normalized spacial score (nSPS) is 16.7. The number of aryl methyl sites for hydroxylation is 2. The third kappa shape index (κ3) is 3.19. The molecule has 1 atom stereocenters. The summed E-state index contributed by atoms with van der Waals surface area (Å²) in [6.07, 6.45) is 0.236. The summed E-state index contributed by atoms with van der Waals surface area (Å²) >= 11 is 0. The Morgan fingerprint density at radius 2 is 1.63 bits per heavy atom. The number of anilines is 2. The number of carbonyl (C=O) groups is 2. The van der Waals surface area contributed by atoms with Crippen molar-refractivity contribution in [2.24, 2.45) is 5.92 Å². The summed E-state index contributed by atoms with van der Waals surface area (Å²) in [7, 11) is 0. The summed E-state index contributed by atoms with van der Waals surface area (Å²) in [5, 5.41) is 5.15. The van der Waals surface area contributed by atoms with Crippen LogP contribution in [0.5, 0.6) is 0 Å². The summed E-state index contributed by atoms with van der Waals surface area (Å²) in [6.45, 7) is 4.36. The van der Waals surface area contributed by atoms with E-state index in [1.807, 2.05) is 74.5 Å². The van der Waals surface area contributed by atoms with Gasteiger partial charge in [-0.25, -0.2) is 0 Å². The van der Waals surface area contributed by atoms with Crippen LogP contribution in [0.4, 0.5) is 11.4 Å². The number of benzene rings is 3. The average Bonchev–Trinajstić information content (AvgIpc) is 3.06. The van der Waals surface area contributed by atoms with Gasteiger partial charge in [0.1, 0.15) is 0 Å². The lowest BCUT2D eigenvalue weighted by atomic mass is 10.1. The SMILES string of the molecule is Cc1cccc(C)c1NC(=O)[C@H]1CC(=O)N(c2cccc3ccccc23)C1. The molecule has 0 radical (unpaired) electrons. The van der Waals surface area contributed by atoms with Crippen LogP contribution in [0.1, 0.15) is 17.5 Å². The highest BCUT2D eigenvalue weighted by Crippen LogP contribution is 2.32. The van der Waals surface area contributed by atoms with Crippen molar-refractivity contribution < 1.29 is 9.59 Å². The monoisotopic (exact) mass is 358 g/mol. The molecule has 1 aliphatic rings. The molecule has 2 amide bonds. The molecule has 1 heterocycles. The second kappa shape index (κ2) is 6.88. The average molecular weight is 358 g/mol. The molecule has 3 aromatic carbocycles. The van der Waals surface area contributed by atoms with Crippen molar-refractivity contribution in [2.75, 3.05) is 16.8 Å². The molecule has 4 nitrogen and oxygen atoms in total. The molecular weight excluding hydrogens is 336 g/mol. The standard InChI is InChI=1S/C23H22N2O2/c1-15-7-5-8-16(2)22(15)24-23(27)18-13-21(26)25(14-18)20-12-6-10-17-9-3-4-11-19(17)20/h3-12,18H,13-14H2,1-2H3,(H,24,27)/t18-/m0/s1. The number of hydrogen-bond acceptors (Lipinski definition) is 2.